The molecule has 1 aliphatic carbocycles. The highest BCUT2D eigenvalue weighted by Crippen LogP contribution is 2.49. The van der Waals surface area contributed by atoms with Crippen LogP contribution in [0.1, 0.15) is 92.3 Å². The maximum atomic E-state index is 10.8. The van der Waals surface area contributed by atoms with Crippen LogP contribution in [0.2, 0.25) is 0 Å². The molecule has 4 aromatic rings. The Morgan fingerprint density at radius 2 is 1.82 bits per heavy atom. The molecule has 1 saturated carbocycles. The third-order valence-corrected chi connectivity index (χ3v) is 10.1. The van der Waals surface area contributed by atoms with Gasteiger partial charge in [0.2, 0.25) is 0 Å². The molecule has 51 heavy (non-hydrogen) atoms. The minimum Gasteiger partial charge on any atom is -0.353 e. The standard InChI is InChI=1S/C35H39NO2.C7H9NO2S.CH5N/c1-26-17-19-30-20-22-31(36-33(30)24-26)21-18-28-11-8-10-27(25-28)12-9-14-29-13-4-5-15-32(29)35(2,3)38-34-16-6-7-23-37-34;8-5-10-6(9)3-7(4-11)1-2-7;1-2/h4-5,8,10-11,13,15,17-22,24-25,34H,6-7,9,12,14,16,23H2,1-3H3;11H,1-4H2;2H2,1H3/b21-18+;;. The number of esters is 1. The number of hydrogen-bond donors (Lipinski definition) is 2. The molecule has 0 bridgehead atoms. The fourth-order valence-electron chi connectivity index (χ4n) is 6.34. The van der Waals surface area contributed by atoms with Gasteiger partial charge in [0.25, 0.3) is 6.26 Å². The van der Waals surface area contributed by atoms with Gasteiger partial charge in [0.05, 0.1) is 23.2 Å². The number of nitriles is 1. The number of ether oxygens (including phenoxy) is 3. The Hall–Kier alpha value is -4.00. The quantitative estimate of drug-likeness (QED) is 0.0859. The number of hydrogen-bond acceptors (Lipinski definition) is 8. The molecule has 0 radical (unpaired) electrons. The van der Waals surface area contributed by atoms with Gasteiger partial charge in [-0.05, 0) is 136 Å². The molecule has 270 valence electrons. The third kappa shape index (κ3) is 12.3. The second-order valence-electron chi connectivity index (χ2n) is 13.8. The number of rotatable bonds is 12. The molecule has 1 unspecified atom stereocenters. The summed E-state index contributed by atoms with van der Waals surface area (Å²) in [4.78, 5) is 15.6. The summed E-state index contributed by atoms with van der Waals surface area (Å²) in [5.41, 5.74) is 12.6. The van der Waals surface area contributed by atoms with Gasteiger partial charge in [0, 0.05) is 12.0 Å². The van der Waals surface area contributed by atoms with E-state index in [1.165, 1.54) is 52.9 Å². The van der Waals surface area contributed by atoms with Crippen molar-refractivity contribution in [1.29, 1.82) is 5.26 Å². The van der Waals surface area contributed by atoms with Gasteiger partial charge in [0.15, 0.2) is 6.29 Å². The van der Waals surface area contributed by atoms with Crippen molar-refractivity contribution in [3.8, 4) is 6.26 Å². The van der Waals surface area contributed by atoms with E-state index in [-0.39, 0.29) is 17.3 Å². The molecule has 2 fully saturated rings. The minimum atomic E-state index is -0.431. The topological polar surface area (TPSA) is 107 Å². The molecule has 7 nitrogen and oxygen atoms in total. The summed E-state index contributed by atoms with van der Waals surface area (Å²) >= 11 is 4.12. The van der Waals surface area contributed by atoms with E-state index >= 15 is 0 Å². The second kappa shape index (κ2) is 19.6. The van der Waals surface area contributed by atoms with Crippen molar-refractivity contribution >= 4 is 41.7 Å². The van der Waals surface area contributed by atoms with Gasteiger partial charge >= 0.3 is 5.97 Å². The van der Waals surface area contributed by atoms with Crippen LogP contribution in [-0.2, 0) is 37.4 Å². The Morgan fingerprint density at radius 1 is 1.04 bits per heavy atom. The SMILES string of the molecule is CN.Cc1ccc2ccc(/C=C/c3cccc(CCCc4ccccc4C(C)(C)OC4CCCCO4)c3)nc2c1.N#COC(=O)CC1(CS)CC1. The summed E-state index contributed by atoms with van der Waals surface area (Å²) < 4.78 is 16.5. The predicted octanol–water partition coefficient (Wildman–Crippen LogP) is 9.35. The number of aromatic nitrogens is 1. The first-order valence-corrected chi connectivity index (χ1v) is 18.6. The molecule has 2 heterocycles. The number of nitrogens with zero attached hydrogens (tertiary/aromatic N) is 2. The summed E-state index contributed by atoms with van der Waals surface area (Å²) in [6.45, 7) is 7.25. The molecule has 1 aliphatic heterocycles. The fourth-order valence-corrected chi connectivity index (χ4v) is 6.76. The summed E-state index contributed by atoms with van der Waals surface area (Å²) in [5, 5.41) is 9.19. The lowest BCUT2D eigenvalue weighted by Gasteiger charge is -2.34. The first-order valence-electron chi connectivity index (χ1n) is 18.0. The van der Waals surface area contributed by atoms with E-state index < -0.39 is 5.97 Å². The van der Waals surface area contributed by atoms with Crippen LogP contribution in [0.3, 0.4) is 0 Å². The summed E-state index contributed by atoms with van der Waals surface area (Å²) in [7, 11) is 1.50. The van der Waals surface area contributed by atoms with Gasteiger partial charge in [-0.2, -0.15) is 12.6 Å². The van der Waals surface area contributed by atoms with E-state index in [1.807, 2.05) is 0 Å². The van der Waals surface area contributed by atoms with E-state index in [0.29, 0.717) is 12.2 Å². The van der Waals surface area contributed by atoms with Crippen LogP contribution < -0.4 is 5.73 Å². The number of nitrogens with two attached hydrogens (primary N) is 1. The lowest BCUT2D eigenvalue weighted by Crippen LogP contribution is -2.33. The largest absolute Gasteiger partial charge is 0.353 e. The molecule has 0 spiro atoms. The third-order valence-electron chi connectivity index (χ3n) is 9.38. The van der Waals surface area contributed by atoms with Crippen LogP contribution >= 0.6 is 12.6 Å². The van der Waals surface area contributed by atoms with Crippen molar-refractivity contribution in [3.05, 3.63) is 112 Å². The molecule has 2 N–H and O–H groups in total. The van der Waals surface area contributed by atoms with Gasteiger partial charge in [-0.1, -0.05) is 72.8 Å². The molecule has 1 atom stereocenters. The highest BCUT2D eigenvalue weighted by molar-refractivity contribution is 7.80. The first kappa shape index (κ1) is 39.8. The normalized spacial score (nSPS) is 16.3. The molecular formula is C43H53N3O4S. The van der Waals surface area contributed by atoms with E-state index in [9.17, 15) is 4.79 Å². The summed E-state index contributed by atoms with van der Waals surface area (Å²) in [6.07, 6.45) is 14.4. The Balaban J connectivity index is 0.000000381. The minimum absolute atomic E-state index is 0.0526. The number of pyridine rings is 1. The maximum Gasteiger partial charge on any atom is 0.322 e. The van der Waals surface area contributed by atoms with Crippen LogP contribution in [-0.4, -0.2) is 36.7 Å². The van der Waals surface area contributed by atoms with Gasteiger partial charge < -0.3 is 19.9 Å². The highest BCUT2D eigenvalue weighted by atomic mass is 32.1. The number of fused-ring (bicyclic) bond motifs is 1. The lowest BCUT2D eigenvalue weighted by molar-refractivity contribution is -0.219. The summed E-state index contributed by atoms with van der Waals surface area (Å²) in [5.74, 6) is 0.270. The molecule has 2 aliphatic rings. The lowest BCUT2D eigenvalue weighted by atomic mass is 9.90. The smallest absolute Gasteiger partial charge is 0.322 e. The Labute approximate surface area is 309 Å². The molecular weight excluding hydrogens is 655 g/mol. The molecule has 8 heteroatoms. The summed E-state index contributed by atoms with van der Waals surface area (Å²) in [6, 6.07) is 28.2. The van der Waals surface area contributed by atoms with Gasteiger partial charge in [0.1, 0.15) is 0 Å². The molecule has 1 aromatic heterocycles. The monoisotopic (exact) mass is 707 g/mol. The fraction of sp³-hybridized carbons (Fsp3) is 0.419. The van der Waals surface area contributed by atoms with Crippen LogP contribution in [0.25, 0.3) is 23.1 Å². The van der Waals surface area contributed by atoms with Crippen molar-refractivity contribution in [3.63, 3.8) is 0 Å². The Kier molecular flexibility index (Phi) is 15.3. The number of aryl methyl sites for hydroxylation is 3. The Morgan fingerprint density at radius 3 is 2.55 bits per heavy atom. The number of carbonyl (C=O) groups is 1. The molecule has 1 saturated heterocycles. The van der Waals surface area contributed by atoms with E-state index in [4.69, 9.17) is 19.7 Å². The van der Waals surface area contributed by atoms with Gasteiger partial charge in [-0.3, -0.25) is 4.79 Å². The van der Waals surface area contributed by atoms with Crippen molar-refractivity contribution in [1.82, 2.24) is 4.98 Å². The first-order chi connectivity index (χ1) is 24.7. The van der Waals surface area contributed by atoms with Crippen LogP contribution in [0.5, 0.6) is 0 Å². The second-order valence-corrected chi connectivity index (χ2v) is 14.2. The van der Waals surface area contributed by atoms with Crippen LogP contribution in [0.15, 0.2) is 78.9 Å². The van der Waals surface area contributed by atoms with Gasteiger partial charge in [-0.15, -0.1) is 5.26 Å². The zero-order chi connectivity index (χ0) is 36.7. The number of thiol groups is 1. The average molecular weight is 708 g/mol. The van der Waals surface area contributed by atoms with E-state index in [1.54, 1.807) is 0 Å². The van der Waals surface area contributed by atoms with Crippen molar-refractivity contribution in [2.24, 2.45) is 11.1 Å². The van der Waals surface area contributed by atoms with Crippen LogP contribution in [0.4, 0.5) is 0 Å². The van der Waals surface area contributed by atoms with Crippen molar-refractivity contribution in [2.45, 2.75) is 90.4 Å². The highest BCUT2D eigenvalue weighted by Gasteiger charge is 2.43. The van der Waals surface area contributed by atoms with E-state index in [2.05, 4.69) is 135 Å². The number of carbonyl (C=O) groups excluding carboxylic acids is 1. The molecule has 3 aromatic carbocycles. The zero-order valence-electron chi connectivity index (χ0n) is 30.6. The molecule has 0 amide bonds. The number of benzene rings is 3. The average Bonchev–Trinajstić information content (AvgIpc) is 3.92. The van der Waals surface area contributed by atoms with Gasteiger partial charge in [-0.25, -0.2) is 4.98 Å². The van der Waals surface area contributed by atoms with E-state index in [0.717, 1.165) is 62.8 Å². The van der Waals surface area contributed by atoms with Crippen molar-refractivity contribution < 1.29 is 19.0 Å². The van der Waals surface area contributed by atoms with Crippen molar-refractivity contribution in [2.75, 3.05) is 19.4 Å². The van der Waals surface area contributed by atoms with Crippen LogP contribution in [0, 0.1) is 23.9 Å². The maximum absolute atomic E-state index is 10.8. The zero-order valence-corrected chi connectivity index (χ0v) is 31.5. The molecule has 6 rings (SSSR count). The predicted molar refractivity (Wildman–Crippen MR) is 210 cm³/mol. The Bertz CT molecular complexity index is 1790.